The molecule has 21 heavy (non-hydrogen) atoms. The van der Waals surface area contributed by atoms with Gasteiger partial charge in [-0.25, -0.2) is 0 Å². The van der Waals surface area contributed by atoms with Crippen LogP contribution in [-0.4, -0.2) is 0 Å². The van der Waals surface area contributed by atoms with Crippen LogP contribution in [0.4, 0.5) is 0 Å². The molecule has 0 N–H and O–H groups in total. The number of hydrogen-bond acceptors (Lipinski definition) is 1. The molecule has 0 saturated carbocycles. The third-order valence-corrected chi connectivity index (χ3v) is 4.17. The Morgan fingerprint density at radius 2 is 1.38 bits per heavy atom. The molecule has 5 rings (SSSR count). The fourth-order valence-electron chi connectivity index (χ4n) is 3.22. The third-order valence-electron chi connectivity index (χ3n) is 4.17. The zero-order chi connectivity index (χ0) is 13.8. The number of benzene rings is 4. The minimum atomic E-state index is 0.833. The molecule has 5 aromatic rings. The standard InChI is InChI=1S/C20H11O/c1-3-7-15-13(5-1)9-11-17-19(15)20-16-8-4-2-6-14(16)10-12-18(20)21-17/h1-11H. The van der Waals surface area contributed by atoms with E-state index < -0.39 is 0 Å². The van der Waals surface area contributed by atoms with Gasteiger partial charge in [-0.05, 0) is 33.7 Å². The van der Waals surface area contributed by atoms with Gasteiger partial charge in [0.2, 0.25) is 0 Å². The normalized spacial score (nSPS) is 11.8. The Balaban J connectivity index is 2.18. The van der Waals surface area contributed by atoms with Gasteiger partial charge < -0.3 is 4.42 Å². The fourth-order valence-corrected chi connectivity index (χ4v) is 3.22. The fraction of sp³-hybridized carbons (Fsp3) is 0. The van der Waals surface area contributed by atoms with Gasteiger partial charge in [-0.15, -0.1) is 0 Å². The average molecular weight is 267 g/mol. The van der Waals surface area contributed by atoms with Crippen LogP contribution in [0.5, 0.6) is 0 Å². The first kappa shape index (κ1) is 10.9. The summed E-state index contributed by atoms with van der Waals surface area (Å²) in [5.41, 5.74) is 1.76. The van der Waals surface area contributed by atoms with E-state index in [0.717, 1.165) is 11.2 Å². The highest BCUT2D eigenvalue weighted by molar-refractivity contribution is 6.26. The van der Waals surface area contributed by atoms with Crippen LogP contribution in [0.1, 0.15) is 0 Å². The zero-order valence-corrected chi connectivity index (χ0v) is 11.3. The SMILES string of the molecule is [c]1cc2ccccc2c2c1oc1ccc3ccccc3c12. The number of fused-ring (bicyclic) bond motifs is 7. The summed E-state index contributed by atoms with van der Waals surface area (Å²) in [4.78, 5) is 0. The molecule has 0 aliphatic carbocycles. The van der Waals surface area contributed by atoms with Gasteiger partial charge in [0.15, 0.2) is 0 Å². The van der Waals surface area contributed by atoms with E-state index >= 15 is 0 Å². The first-order chi connectivity index (χ1) is 10.4. The van der Waals surface area contributed by atoms with Gasteiger partial charge in [0.1, 0.15) is 11.2 Å². The first-order valence-corrected chi connectivity index (χ1v) is 7.05. The van der Waals surface area contributed by atoms with E-state index in [4.69, 9.17) is 4.42 Å². The van der Waals surface area contributed by atoms with Gasteiger partial charge in [-0.1, -0.05) is 54.6 Å². The summed E-state index contributed by atoms with van der Waals surface area (Å²) in [5, 5.41) is 7.25. The molecule has 0 fully saturated rings. The average Bonchev–Trinajstić information content (AvgIpc) is 2.94. The minimum Gasteiger partial charge on any atom is -0.455 e. The highest BCUT2D eigenvalue weighted by Gasteiger charge is 2.12. The molecule has 0 aliphatic rings. The van der Waals surface area contributed by atoms with Crippen molar-refractivity contribution in [1.29, 1.82) is 0 Å². The molecule has 0 saturated heterocycles. The van der Waals surface area contributed by atoms with Crippen LogP contribution in [0.25, 0.3) is 43.5 Å². The number of furan rings is 1. The van der Waals surface area contributed by atoms with Crippen molar-refractivity contribution >= 4 is 43.5 Å². The zero-order valence-electron chi connectivity index (χ0n) is 11.3. The van der Waals surface area contributed by atoms with Crippen molar-refractivity contribution in [2.45, 2.75) is 0 Å². The highest BCUT2D eigenvalue weighted by atomic mass is 16.3. The van der Waals surface area contributed by atoms with E-state index in [1.54, 1.807) is 0 Å². The Labute approximate surface area is 121 Å². The van der Waals surface area contributed by atoms with Crippen LogP contribution in [0.3, 0.4) is 0 Å². The van der Waals surface area contributed by atoms with Gasteiger partial charge in [0.25, 0.3) is 0 Å². The summed E-state index contributed by atoms with van der Waals surface area (Å²) in [6, 6.07) is 26.3. The summed E-state index contributed by atoms with van der Waals surface area (Å²) in [6.07, 6.45) is 0. The van der Waals surface area contributed by atoms with Crippen molar-refractivity contribution in [1.82, 2.24) is 0 Å². The molecule has 1 aromatic heterocycles. The second kappa shape index (κ2) is 3.86. The van der Waals surface area contributed by atoms with Crippen LogP contribution in [0.15, 0.2) is 71.1 Å². The largest absolute Gasteiger partial charge is 0.455 e. The predicted octanol–water partition coefficient (Wildman–Crippen LogP) is 5.69. The van der Waals surface area contributed by atoms with E-state index in [9.17, 15) is 0 Å². The molecule has 0 spiro atoms. The maximum absolute atomic E-state index is 6.01. The lowest BCUT2D eigenvalue weighted by atomic mass is 10.00. The molecule has 0 amide bonds. The van der Waals surface area contributed by atoms with Crippen molar-refractivity contribution in [3.8, 4) is 0 Å². The Morgan fingerprint density at radius 1 is 0.667 bits per heavy atom. The van der Waals surface area contributed by atoms with E-state index in [1.165, 1.54) is 32.3 Å². The summed E-state index contributed by atoms with van der Waals surface area (Å²) in [6.45, 7) is 0. The lowest BCUT2D eigenvalue weighted by Crippen LogP contribution is -1.76. The van der Waals surface area contributed by atoms with E-state index in [1.807, 2.05) is 6.07 Å². The monoisotopic (exact) mass is 267 g/mol. The maximum Gasteiger partial charge on any atom is 0.144 e. The molecule has 97 valence electrons. The molecule has 0 unspecified atom stereocenters. The molecule has 4 aromatic carbocycles. The van der Waals surface area contributed by atoms with Crippen molar-refractivity contribution in [3.63, 3.8) is 0 Å². The lowest BCUT2D eigenvalue weighted by Gasteiger charge is -2.01. The van der Waals surface area contributed by atoms with Gasteiger partial charge >= 0.3 is 0 Å². The molecule has 0 atom stereocenters. The van der Waals surface area contributed by atoms with Crippen molar-refractivity contribution in [3.05, 3.63) is 72.8 Å². The maximum atomic E-state index is 6.01. The van der Waals surface area contributed by atoms with Crippen LogP contribution in [0, 0.1) is 6.07 Å². The first-order valence-electron chi connectivity index (χ1n) is 7.05. The van der Waals surface area contributed by atoms with Crippen LogP contribution in [0.2, 0.25) is 0 Å². The van der Waals surface area contributed by atoms with Gasteiger partial charge in [0.05, 0.1) is 0 Å². The molecular weight excluding hydrogens is 256 g/mol. The third kappa shape index (κ3) is 1.40. The molecule has 1 nitrogen and oxygen atoms in total. The van der Waals surface area contributed by atoms with Crippen LogP contribution in [-0.2, 0) is 0 Å². The number of rotatable bonds is 0. The van der Waals surface area contributed by atoms with E-state index in [-0.39, 0.29) is 0 Å². The number of hydrogen-bond donors (Lipinski definition) is 0. The second-order valence-corrected chi connectivity index (χ2v) is 5.34. The van der Waals surface area contributed by atoms with Crippen molar-refractivity contribution < 1.29 is 4.42 Å². The molecular formula is C20H11O. The summed E-state index contributed by atoms with van der Waals surface area (Å²) < 4.78 is 6.01. The second-order valence-electron chi connectivity index (χ2n) is 5.34. The predicted molar refractivity (Wildman–Crippen MR) is 87.6 cm³/mol. The van der Waals surface area contributed by atoms with E-state index in [2.05, 4.69) is 66.7 Å². The quantitative estimate of drug-likeness (QED) is 0.351. The van der Waals surface area contributed by atoms with Gasteiger partial charge in [-0.3, -0.25) is 0 Å². The highest BCUT2D eigenvalue weighted by Crippen LogP contribution is 2.38. The Hall–Kier alpha value is -2.80. The minimum absolute atomic E-state index is 0.833. The summed E-state index contributed by atoms with van der Waals surface area (Å²) in [7, 11) is 0. The lowest BCUT2D eigenvalue weighted by molar-refractivity contribution is 0.669. The van der Waals surface area contributed by atoms with Gasteiger partial charge in [0, 0.05) is 16.8 Å². The molecule has 1 radical (unpaired) electrons. The molecule has 1 heterocycles. The Morgan fingerprint density at radius 3 is 2.24 bits per heavy atom. The van der Waals surface area contributed by atoms with Crippen LogP contribution < -0.4 is 0 Å². The molecule has 1 heteroatoms. The summed E-state index contributed by atoms with van der Waals surface area (Å²) >= 11 is 0. The Bertz CT molecular complexity index is 1040. The van der Waals surface area contributed by atoms with Crippen LogP contribution >= 0.6 is 0 Å². The topological polar surface area (TPSA) is 13.1 Å². The summed E-state index contributed by atoms with van der Waals surface area (Å²) in [5.74, 6) is 0. The van der Waals surface area contributed by atoms with Crippen molar-refractivity contribution in [2.24, 2.45) is 0 Å². The molecule has 0 bridgehead atoms. The Kier molecular flexibility index (Phi) is 2.01. The van der Waals surface area contributed by atoms with Gasteiger partial charge in [-0.2, -0.15) is 0 Å². The van der Waals surface area contributed by atoms with Crippen molar-refractivity contribution in [2.75, 3.05) is 0 Å². The smallest absolute Gasteiger partial charge is 0.144 e. The molecule has 0 aliphatic heterocycles. The van der Waals surface area contributed by atoms with E-state index in [0.29, 0.717) is 0 Å².